The van der Waals surface area contributed by atoms with Gasteiger partial charge in [-0.1, -0.05) is 30.3 Å². The standard InChI is InChI=1S/C24H17F6N3O/c1-33-19-7-3-2-5-16(19)22(32-33)20(34)13-17(14-8-10-15(11-9-14)23(25,26)27)21-18(24(28,29)30)6-4-12-31-21/h2-12,17H,13H2,1H3/t17-/m0/s1. The number of aromatic nitrogens is 3. The monoisotopic (exact) mass is 477 g/mol. The lowest BCUT2D eigenvalue weighted by Crippen LogP contribution is -2.18. The molecule has 0 saturated heterocycles. The van der Waals surface area contributed by atoms with Crippen LogP contribution < -0.4 is 0 Å². The molecule has 2 heterocycles. The molecule has 0 amide bonds. The number of rotatable bonds is 5. The molecule has 2 aromatic heterocycles. The van der Waals surface area contributed by atoms with E-state index in [4.69, 9.17) is 0 Å². The molecule has 0 aliphatic heterocycles. The van der Waals surface area contributed by atoms with Crippen molar-refractivity contribution < 1.29 is 31.1 Å². The van der Waals surface area contributed by atoms with Gasteiger partial charge in [-0.2, -0.15) is 31.4 Å². The van der Waals surface area contributed by atoms with E-state index in [1.54, 1.807) is 31.3 Å². The molecule has 1 atom stereocenters. The molecule has 0 aliphatic carbocycles. The maximum atomic E-state index is 13.7. The molecule has 2 aromatic carbocycles. The molecule has 0 N–H and O–H groups in total. The number of hydrogen-bond donors (Lipinski definition) is 0. The Labute approximate surface area is 189 Å². The van der Waals surface area contributed by atoms with Crippen LogP contribution >= 0.6 is 0 Å². The van der Waals surface area contributed by atoms with E-state index in [2.05, 4.69) is 10.1 Å². The van der Waals surface area contributed by atoms with Crippen LogP contribution in [-0.4, -0.2) is 20.5 Å². The molecular formula is C24H17F6N3O. The SMILES string of the molecule is Cn1nc(C(=O)C[C@@H](c2ccc(C(F)(F)F)cc2)c2ncccc2C(F)(F)F)c2ccccc21. The molecule has 10 heteroatoms. The zero-order chi connectivity index (χ0) is 24.7. The van der Waals surface area contributed by atoms with E-state index in [1.165, 1.54) is 4.68 Å². The highest BCUT2D eigenvalue weighted by atomic mass is 19.4. The number of ketones is 1. The molecule has 0 saturated carbocycles. The fraction of sp³-hybridized carbons (Fsp3) is 0.208. The fourth-order valence-corrected chi connectivity index (χ4v) is 3.91. The van der Waals surface area contributed by atoms with Crippen molar-refractivity contribution in [2.45, 2.75) is 24.7 Å². The van der Waals surface area contributed by atoms with Gasteiger partial charge in [-0.05, 0) is 35.9 Å². The highest BCUT2D eigenvalue weighted by Crippen LogP contribution is 2.39. The number of pyridine rings is 1. The van der Waals surface area contributed by atoms with Crippen molar-refractivity contribution in [1.82, 2.24) is 14.8 Å². The Morgan fingerprint density at radius 2 is 1.59 bits per heavy atom. The van der Waals surface area contributed by atoms with E-state index in [-0.39, 0.29) is 11.3 Å². The Bertz CT molecular complexity index is 1340. The van der Waals surface area contributed by atoms with Gasteiger partial charge in [0.2, 0.25) is 0 Å². The van der Waals surface area contributed by atoms with Crippen LogP contribution in [0.15, 0.2) is 66.9 Å². The van der Waals surface area contributed by atoms with Gasteiger partial charge in [0.1, 0.15) is 5.69 Å². The van der Waals surface area contributed by atoms with Crippen molar-refractivity contribution in [2.75, 3.05) is 0 Å². The van der Waals surface area contributed by atoms with Crippen molar-refractivity contribution in [3.05, 3.63) is 94.9 Å². The third-order valence-corrected chi connectivity index (χ3v) is 5.53. The van der Waals surface area contributed by atoms with E-state index >= 15 is 0 Å². The average Bonchev–Trinajstić information content (AvgIpc) is 3.13. The van der Waals surface area contributed by atoms with Crippen LogP contribution in [-0.2, 0) is 19.4 Å². The van der Waals surface area contributed by atoms with E-state index in [0.29, 0.717) is 10.9 Å². The summed E-state index contributed by atoms with van der Waals surface area (Å²) < 4.78 is 81.7. The van der Waals surface area contributed by atoms with Crippen molar-refractivity contribution in [3.63, 3.8) is 0 Å². The molecule has 4 rings (SSSR count). The summed E-state index contributed by atoms with van der Waals surface area (Å²) in [5.74, 6) is -1.80. The van der Waals surface area contributed by atoms with Crippen LogP contribution in [0, 0.1) is 0 Å². The Balaban J connectivity index is 1.81. The molecule has 0 radical (unpaired) electrons. The minimum absolute atomic E-state index is 0.0690. The molecule has 0 aliphatic rings. The fourth-order valence-electron chi connectivity index (χ4n) is 3.91. The number of aryl methyl sites for hydroxylation is 1. The first-order valence-corrected chi connectivity index (χ1v) is 10.1. The largest absolute Gasteiger partial charge is 0.418 e. The molecule has 34 heavy (non-hydrogen) atoms. The first-order chi connectivity index (χ1) is 16.0. The number of carbonyl (C=O) groups is 1. The number of para-hydroxylation sites is 1. The summed E-state index contributed by atoms with van der Waals surface area (Å²) in [6.07, 6.45) is -8.69. The molecule has 0 fully saturated rings. The van der Waals surface area contributed by atoms with E-state index < -0.39 is 47.3 Å². The Hall–Kier alpha value is -3.69. The Morgan fingerprint density at radius 3 is 2.24 bits per heavy atom. The van der Waals surface area contributed by atoms with Crippen LogP contribution in [0.5, 0.6) is 0 Å². The van der Waals surface area contributed by atoms with Gasteiger partial charge in [-0.3, -0.25) is 14.5 Å². The average molecular weight is 477 g/mol. The van der Waals surface area contributed by atoms with Crippen LogP contribution in [0.25, 0.3) is 10.9 Å². The summed E-state index contributed by atoms with van der Waals surface area (Å²) >= 11 is 0. The van der Waals surface area contributed by atoms with Crippen LogP contribution in [0.4, 0.5) is 26.3 Å². The molecule has 0 unspecified atom stereocenters. The van der Waals surface area contributed by atoms with Crippen LogP contribution in [0.2, 0.25) is 0 Å². The molecule has 0 spiro atoms. The van der Waals surface area contributed by atoms with Gasteiger partial charge in [0.25, 0.3) is 0 Å². The second-order valence-corrected chi connectivity index (χ2v) is 7.72. The summed E-state index contributed by atoms with van der Waals surface area (Å²) in [6, 6.07) is 12.5. The van der Waals surface area contributed by atoms with Gasteiger partial charge in [-0.15, -0.1) is 0 Å². The van der Waals surface area contributed by atoms with Gasteiger partial charge in [-0.25, -0.2) is 0 Å². The number of nitrogens with zero attached hydrogens (tertiary/aromatic N) is 3. The van der Waals surface area contributed by atoms with Crippen molar-refractivity contribution in [2.24, 2.45) is 7.05 Å². The number of fused-ring (bicyclic) bond motifs is 1. The topological polar surface area (TPSA) is 47.8 Å². The third kappa shape index (κ3) is 4.52. The predicted octanol–water partition coefficient (Wildman–Crippen LogP) is 6.41. The predicted molar refractivity (Wildman–Crippen MR) is 112 cm³/mol. The number of carbonyl (C=O) groups excluding carboxylic acids is 1. The van der Waals surface area contributed by atoms with Crippen molar-refractivity contribution in [3.8, 4) is 0 Å². The number of halogens is 6. The van der Waals surface area contributed by atoms with Crippen LogP contribution in [0.3, 0.4) is 0 Å². The lowest BCUT2D eigenvalue weighted by Gasteiger charge is -2.21. The quantitative estimate of drug-likeness (QED) is 0.247. The van der Waals surface area contributed by atoms with Gasteiger partial charge < -0.3 is 0 Å². The minimum Gasteiger partial charge on any atom is -0.292 e. The highest BCUT2D eigenvalue weighted by Gasteiger charge is 2.38. The van der Waals surface area contributed by atoms with E-state index in [0.717, 1.165) is 42.6 Å². The van der Waals surface area contributed by atoms with Gasteiger partial charge in [0, 0.05) is 31.0 Å². The lowest BCUT2D eigenvalue weighted by atomic mass is 9.86. The van der Waals surface area contributed by atoms with Gasteiger partial charge in [0.15, 0.2) is 5.78 Å². The molecular weight excluding hydrogens is 460 g/mol. The number of Topliss-reactive ketones (excluding diaryl/α,β-unsaturated/α-hetero) is 1. The van der Waals surface area contributed by atoms with E-state index in [1.807, 2.05) is 0 Å². The zero-order valence-electron chi connectivity index (χ0n) is 17.7. The first kappa shape index (κ1) is 23.5. The molecule has 4 aromatic rings. The minimum atomic E-state index is -4.77. The summed E-state index contributed by atoms with van der Waals surface area (Å²) in [5, 5.41) is 4.75. The number of alkyl halides is 6. The maximum Gasteiger partial charge on any atom is 0.418 e. The lowest BCUT2D eigenvalue weighted by molar-refractivity contribution is -0.139. The van der Waals surface area contributed by atoms with E-state index in [9.17, 15) is 31.1 Å². The molecule has 4 nitrogen and oxygen atoms in total. The molecule has 0 bridgehead atoms. The number of hydrogen-bond acceptors (Lipinski definition) is 3. The smallest absolute Gasteiger partial charge is 0.292 e. The van der Waals surface area contributed by atoms with Gasteiger partial charge in [0.05, 0.1) is 22.3 Å². The first-order valence-electron chi connectivity index (χ1n) is 10.1. The second kappa shape index (κ2) is 8.58. The highest BCUT2D eigenvalue weighted by molar-refractivity contribution is 6.06. The Morgan fingerprint density at radius 1 is 0.912 bits per heavy atom. The van der Waals surface area contributed by atoms with Gasteiger partial charge >= 0.3 is 12.4 Å². The molecule has 176 valence electrons. The summed E-state index contributed by atoms with van der Waals surface area (Å²) in [4.78, 5) is 17.1. The maximum absolute atomic E-state index is 13.7. The third-order valence-electron chi connectivity index (χ3n) is 5.53. The zero-order valence-corrected chi connectivity index (χ0v) is 17.7. The number of benzene rings is 2. The normalized spacial score (nSPS) is 13.3. The summed E-state index contributed by atoms with van der Waals surface area (Å²) in [6.45, 7) is 0. The van der Waals surface area contributed by atoms with Crippen molar-refractivity contribution in [1.29, 1.82) is 0 Å². The van der Waals surface area contributed by atoms with Crippen molar-refractivity contribution >= 4 is 16.7 Å². The summed E-state index contributed by atoms with van der Waals surface area (Å²) in [7, 11) is 1.63. The second-order valence-electron chi connectivity index (χ2n) is 7.72. The van der Waals surface area contributed by atoms with Crippen LogP contribution in [0.1, 0.15) is 45.2 Å². The Kier molecular flexibility index (Phi) is 5.93. The summed E-state index contributed by atoms with van der Waals surface area (Å²) in [5.41, 5.74) is -1.62.